The monoisotopic (exact) mass is 487 g/mol. The molecule has 0 radical (unpaired) electrons. The van der Waals surface area contributed by atoms with E-state index in [2.05, 4.69) is 95.1 Å². The number of furan rings is 1. The Balaban J connectivity index is 1.75. The van der Waals surface area contributed by atoms with E-state index in [4.69, 9.17) is 14.4 Å². The number of hydrogen-bond acceptors (Lipinski definition) is 4. The molecule has 186 valence electrons. The highest BCUT2D eigenvalue weighted by Gasteiger charge is 2.21. The van der Waals surface area contributed by atoms with Gasteiger partial charge in [-0.25, -0.2) is 15.0 Å². The predicted molar refractivity (Wildman–Crippen MR) is 155 cm³/mol. The van der Waals surface area contributed by atoms with Crippen molar-refractivity contribution in [1.29, 1.82) is 0 Å². The quantitative estimate of drug-likeness (QED) is 0.232. The molecule has 0 aliphatic rings. The van der Waals surface area contributed by atoms with Gasteiger partial charge >= 0.3 is 0 Å². The van der Waals surface area contributed by atoms with Gasteiger partial charge in [-0.05, 0) is 59.5 Å². The molecule has 4 heteroatoms. The fraction of sp³-hybridized carbons (Fsp3) is 0.303. The van der Waals surface area contributed by atoms with Gasteiger partial charge in [-0.15, -0.1) is 0 Å². The van der Waals surface area contributed by atoms with Crippen LogP contribution in [0.3, 0.4) is 0 Å². The summed E-state index contributed by atoms with van der Waals surface area (Å²) >= 11 is 0. The first-order valence-corrected chi connectivity index (χ1v) is 13.3. The minimum atomic E-state index is 0.190. The van der Waals surface area contributed by atoms with Crippen LogP contribution in [0.5, 0.6) is 0 Å². The third-order valence-electron chi connectivity index (χ3n) is 7.41. The van der Waals surface area contributed by atoms with Gasteiger partial charge in [0, 0.05) is 38.7 Å². The summed E-state index contributed by atoms with van der Waals surface area (Å²) in [6.07, 6.45) is 0. The average molecular weight is 488 g/mol. The van der Waals surface area contributed by atoms with Crippen molar-refractivity contribution in [2.45, 2.75) is 66.2 Å². The lowest BCUT2D eigenvalue weighted by atomic mass is 9.88. The van der Waals surface area contributed by atoms with Gasteiger partial charge in [-0.2, -0.15) is 0 Å². The van der Waals surface area contributed by atoms with Crippen molar-refractivity contribution >= 4 is 43.7 Å². The van der Waals surface area contributed by atoms with E-state index in [1.807, 2.05) is 13.0 Å². The molecular formula is C33H33N3O. The van der Waals surface area contributed by atoms with Crippen LogP contribution in [-0.2, 0) is 0 Å². The van der Waals surface area contributed by atoms with Gasteiger partial charge in [0.2, 0.25) is 5.71 Å². The van der Waals surface area contributed by atoms with Gasteiger partial charge in [0.25, 0.3) is 0 Å². The van der Waals surface area contributed by atoms with Crippen LogP contribution in [0, 0.1) is 6.92 Å². The Labute approximate surface area is 217 Å². The molecule has 0 saturated heterocycles. The summed E-state index contributed by atoms with van der Waals surface area (Å²) in [7, 11) is 0. The van der Waals surface area contributed by atoms with Gasteiger partial charge in [-0.3, -0.25) is 0 Å². The minimum Gasteiger partial charge on any atom is -0.437 e. The van der Waals surface area contributed by atoms with Crippen LogP contribution in [0.15, 0.2) is 59.0 Å². The number of hydrogen-bond donors (Lipinski definition) is 0. The number of pyridine rings is 1. The Hall–Kier alpha value is -3.79. The number of nitrogens with zero attached hydrogens (tertiary/aromatic N) is 3. The van der Waals surface area contributed by atoms with Crippen LogP contribution in [0.25, 0.3) is 55.0 Å². The molecule has 0 aliphatic carbocycles. The van der Waals surface area contributed by atoms with Crippen LogP contribution in [0.2, 0.25) is 0 Å². The zero-order valence-corrected chi connectivity index (χ0v) is 22.7. The van der Waals surface area contributed by atoms with Crippen LogP contribution in [0.1, 0.15) is 81.9 Å². The van der Waals surface area contributed by atoms with Crippen molar-refractivity contribution in [3.05, 3.63) is 77.2 Å². The first kappa shape index (κ1) is 23.6. The molecule has 6 rings (SSSR count). The van der Waals surface area contributed by atoms with Crippen molar-refractivity contribution in [3.63, 3.8) is 0 Å². The molecule has 0 bridgehead atoms. The number of aryl methyl sites for hydroxylation is 1. The third kappa shape index (κ3) is 3.78. The topological polar surface area (TPSA) is 51.8 Å². The van der Waals surface area contributed by atoms with Crippen LogP contribution in [-0.4, -0.2) is 15.0 Å². The number of para-hydroxylation sites is 1. The molecule has 0 saturated carbocycles. The standard InChI is InChI=1S/C33H33N3O/c1-17(2)22-15-21-12-14-25-29(35-32(19(5)6)36-30(25)28(21)27(16-22)18(3)4)26-10-8-9-23-24-13-11-20(7)34-33(24)37-31(23)26/h8-19H,1-7H3. The molecule has 0 N–H and O–H groups in total. The van der Waals surface area contributed by atoms with Crippen molar-refractivity contribution in [2.75, 3.05) is 0 Å². The minimum absolute atomic E-state index is 0.190. The fourth-order valence-electron chi connectivity index (χ4n) is 5.34. The number of fused-ring (bicyclic) bond motifs is 6. The summed E-state index contributed by atoms with van der Waals surface area (Å²) in [5.41, 5.74) is 8.05. The van der Waals surface area contributed by atoms with Gasteiger partial charge in [0.1, 0.15) is 11.4 Å². The average Bonchev–Trinajstić information content (AvgIpc) is 3.24. The largest absolute Gasteiger partial charge is 0.437 e. The first-order chi connectivity index (χ1) is 17.7. The van der Waals surface area contributed by atoms with E-state index in [1.165, 1.54) is 21.9 Å². The Morgan fingerprint density at radius 1 is 0.703 bits per heavy atom. The molecule has 37 heavy (non-hydrogen) atoms. The molecule has 0 unspecified atom stereocenters. The predicted octanol–water partition coefficient (Wildman–Crippen LogP) is 9.42. The molecule has 0 fully saturated rings. The van der Waals surface area contributed by atoms with Crippen molar-refractivity contribution < 1.29 is 4.42 Å². The fourth-order valence-corrected chi connectivity index (χ4v) is 5.34. The van der Waals surface area contributed by atoms with Crippen molar-refractivity contribution in [1.82, 2.24) is 15.0 Å². The third-order valence-corrected chi connectivity index (χ3v) is 7.41. The maximum Gasteiger partial charge on any atom is 0.227 e. The molecule has 0 amide bonds. The highest BCUT2D eigenvalue weighted by molar-refractivity contribution is 6.14. The summed E-state index contributed by atoms with van der Waals surface area (Å²) < 4.78 is 6.39. The molecule has 3 heterocycles. The van der Waals surface area contributed by atoms with Crippen LogP contribution < -0.4 is 0 Å². The van der Waals surface area contributed by atoms with Crippen molar-refractivity contribution in [2.24, 2.45) is 0 Å². The summed E-state index contributed by atoms with van der Waals surface area (Å²) in [4.78, 5) is 15.0. The van der Waals surface area contributed by atoms with Crippen molar-refractivity contribution in [3.8, 4) is 11.3 Å². The lowest BCUT2D eigenvalue weighted by Crippen LogP contribution is -2.03. The zero-order valence-electron chi connectivity index (χ0n) is 22.7. The molecular weight excluding hydrogens is 454 g/mol. The smallest absolute Gasteiger partial charge is 0.227 e. The lowest BCUT2D eigenvalue weighted by Gasteiger charge is -2.18. The molecule has 0 spiro atoms. The molecule has 0 aliphatic heterocycles. The highest BCUT2D eigenvalue weighted by Crippen LogP contribution is 2.41. The number of aromatic nitrogens is 3. The molecule has 0 atom stereocenters. The van der Waals surface area contributed by atoms with E-state index < -0.39 is 0 Å². The Bertz CT molecular complexity index is 1830. The summed E-state index contributed by atoms with van der Waals surface area (Å²) in [5.74, 6) is 1.88. The molecule has 3 aromatic heterocycles. The van der Waals surface area contributed by atoms with E-state index in [-0.39, 0.29) is 5.92 Å². The summed E-state index contributed by atoms with van der Waals surface area (Å²) in [5, 5.41) is 5.61. The van der Waals surface area contributed by atoms with Gasteiger partial charge in [0.15, 0.2) is 0 Å². The van der Waals surface area contributed by atoms with Gasteiger partial charge in [-0.1, -0.05) is 71.9 Å². The molecule has 4 nitrogen and oxygen atoms in total. The second-order valence-electron chi connectivity index (χ2n) is 11.2. The zero-order chi connectivity index (χ0) is 26.0. The number of rotatable bonds is 4. The normalized spacial score (nSPS) is 12.4. The van der Waals surface area contributed by atoms with E-state index >= 15 is 0 Å². The Kier molecular flexibility index (Phi) is 5.52. The van der Waals surface area contributed by atoms with E-state index in [1.54, 1.807) is 0 Å². The Morgan fingerprint density at radius 3 is 2.22 bits per heavy atom. The summed E-state index contributed by atoms with van der Waals surface area (Å²) in [6.45, 7) is 15.4. The van der Waals surface area contributed by atoms with Gasteiger partial charge < -0.3 is 4.42 Å². The molecule has 3 aromatic carbocycles. The van der Waals surface area contributed by atoms with E-state index in [9.17, 15) is 0 Å². The molecule has 6 aromatic rings. The lowest BCUT2D eigenvalue weighted by molar-refractivity contribution is 0.653. The second-order valence-corrected chi connectivity index (χ2v) is 11.2. The second kappa shape index (κ2) is 8.65. The maximum absolute atomic E-state index is 6.39. The van der Waals surface area contributed by atoms with Crippen LogP contribution >= 0.6 is 0 Å². The summed E-state index contributed by atoms with van der Waals surface area (Å²) in [6, 6.07) is 19.6. The van der Waals surface area contributed by atoms with E-state index in [0.29, 0.717) is 17.5 Å². The SMILES string of the molecule is Cc1ccc2c(n1)oc1c(-c3nc(C(C)C)nc4c3ccc3cc(C(C)C)cc(C(C)C)c34)cccc12. The first-order valence-electron chi connectivity index (χ1n) is 13.3. The van der Waals surface area contributed by atoms with E-state index in [0.717, 1.165) is 50.0 Å². The highest BCUT2D eigenvalue weighted by atomic mass is 16.3. The van der Waals surface area contributed by atoms with Gasteiger partial charge in [0.05, 0.1) is 11.2 Å². The number of benzene rings is 3. The maximum atomic E-state index is 6.39. The Morgan fingerprint density at radius 2 is 1.49 bits per heavy atom. The van der Waals surface area contributed by atoms with Crippen LogP contribution in [0.4, 0.5) is 0 Å².